The number of ketones is 1. The van der Waals surface area contributed by atoms with E-state index in [-0.39, 0.29) is 23.6 Å². The van der Waals surface area contributed by atoms with Gasteiger partial charge in [0.25, 0.3) is 5.89 Å². The monoisotopic (exact) mass is 527 g/mol. The molecule has 0 unspecified atom stereocenters. The number of likely N-dealkylation sites (tertiary alicyclic amines) is 1. The SMILES string of the molecule is COC(=O)N[C@H](C(=O)N1CCC[C@H]1C(=O)N[C@H](C(=O)c1nnc(Cc2cccc(C)c2)o1)C(C)C)C(C)C. The first-order valence-corrected chi connectivity index (χ1v) is 12.9. The number of benzene rings is 1. The van der Waals surface area contributed by atoms with Crippen LogP contribution in [0.4, 0.5) is 4.79 Å². The topological polar surface area (TPSA) is 144 Å². The molecule has 11 heteroatoms. The van der Waals surface area contributed by atoms with Crippen LogP contribution in [0.5, 0.6) is 0 Å². The molecule has 1 saturated heterocycles. The number of hydrogen-bond donors (Lipinski definition) is 2. The molecule has 0 saturated carbocycles. The number of alkyl carbamates (subject to hydrolysis) is 1. The smallest absolute Gasteiger partial charge is 0.407 e. The number of nitrogens with zero attached hydrogens (tertiary/aromatic N) is 3. The summed E-state index contributed by atoms with van der Waals surface area (Å²) in [6.45, 7) is 9.57. The standard InChI is InChI=1S/C27H37N5O6/c1-15(2)21(23(33)25-31-30-20(38-25)14-18-10-7-9-17(5)13-18)28-24(34)19-11-8-12-32(19)26(35)22(16(3)4)29-27(36)37-6/h7,9-10,13,15-16,19,21-22H,8,11-12,14H2,1-6H3,(H,28,34)(H,29,36)/t19-,21-,22-/m0/s1. The van der Waals surface area contributed by atoms with Crippen molar-refractivity contribution in [3.8, 4) is 0 Å². The molecule has 11 nitrogen and oxygen atoms in total. The van der Waals surface area contributed by atoms with Crippen molar-refractivity contribution in [2.24, 2.45) is 11.8 Å². The average Bonchev–Trinajstić information content (AvgIpc) is 3.54. The predicted molar refractivity (Wildman–Crippen MR) is 138 cm³/mol. The van der Waals surface area contributed by atoms with Crippen molar-refractivity contribution in [3.05, 3.63) is 47.2 Å². The fourth-order valence-corrected chi connectivity index (χ4v) is 4.52. The lowest BCUT2D eigenvalue weighted by Gasteiger charge is -2.31. The van der Waals surface area contributed by atoms with Crippen molar-refractivity contribution in [1.29, 1.82) is 0 Å². The van der Waals surface area contributed by atoms with E-state index in [2.05, 4.69) is 25.6 Å². The van der Waals surface area contributed by atoms with Gasteiger partial charge in [0.1, 0.15) is 12.1 Å². The second-order valence-electron chi connectivity index (χ2n) is 10.3. The van der Waals surface area contributed by atoms with Crippen molar-refractivity contribution in [1.82, 2.24) is 25.7 Å². The van der Waals surface area contributed by atoms with Crippen molar-refractivity contribution >= 4 is 23.7 Å². The Morgan fingerprint density at radius 2 is 1.79 bits per heavy atom. The van der Waals surface area contributed by atoms with Crippen LogP contribution in [0.3, 0.4) is 0 Å². The molecule has 1 aromatic heterocycles. The maximum absolute atomic E-state index is 13.3. The van der Waals surface area contributed by atoms with E-state index in [1.807, 2.05) is 31.2 Å². The number of hydrogen-bond acceptors (Lipinski definition) is 8. The zero-order valence-electron chi connectivity index (χ0n) is 22.8. The van der Waals surface area contributed by atoms with E-state index >= 15 is 0 Å². The molecule has 3 rings (SSSR count). The van der Waals surface area contributed by atoms with Gasteiger partial charge >= 0.3 is 6.09 Å². The predicted octanol–water partition coefficient (Wildman–Crippen LogP) is 2.66. The first-order valence-electron chi connectivity index (χ1n) is 12.9. The number of nitrogens with one attached hydrogen (secondary N) is 2. The van der Waals surface area contributed by atoms with Gasteiger partial charge in [0.15, 0.2) is 0 Å². The molecule has 1 aliphatic rings. The minimum atomic E-state index is -0.915. The Labute approximate surface area is 222 Å². The van der Waals surface area contributed by atoms with Gasteiger partial charge < -0.3 is 24.7 Å². The molecule has 1 aromatic carbocycles. The summed E-state index contributed by atoms with van der Waals surface area (Å²) >= 11 is 0. The summed E-state index contributed by atoms with van der Waals surface area (Å²) in [6, 6.07) is 5.34. The van der Waals surface area contributed by atoms with E-state index in [1.165, 1.54) is 12.0 Å². The van der Waals surface area contributed by atoms with Crippen LogP contribution in [0, 0.1) is 18.8 Å². The summed E-state index contributed by atoms with van der Waals surface area (Å²) in [7, 11) is 1.22. The minimum absolute atomic E-state index is 0.173. The normalized spacial score (nSPS) is 16.8. The highest BCUT2D eigenvalue weighted by atomic mass is 16.5. The van der Waals surface area contributed by atoms with Gasteiger partial charge in [0.2, 0.25) is 23.5 Å². The van der Waals surface area contributed by atoms with Crippen molar-refractivity contribution in [3.63, 3.8) is 0 Å². The number of ether oxygens (including phenoxy) is 1. The molecule has 0 radical (unpaired) electrons. The summed E-state index contributed by atoms with van der Waals surface area (Å²) in [4.78, 5) is 53.1. The maximum Gasteiger partial charge on any atom is 0.407 e. The van der Waals surface area contributed by atoms with Gasteiger partial charge in [-0.05, 0) is 37.2 Å². The summed E-state index contributed by atoms with van der Waals surface area (Å²) in [5, 5.41) is 13.3. The summed E-state index contributed by atoms with van der Waals surface area (Å²) < 4.78 is 10.3. The van der Waals surface area contributed by atoms with Gasteiger partial charge in [-0.3, -0.25) is 14.4 Å². The van der Waals surface area contributed by atoms with E-state index in [0.717, 1.165) is 11.1 Å². The van der Waals surface area contributed by atoms with Crippen LogP contribution < -0.4 is 10.6 Å². The average molecular weight is 528 g/mol. The molecule has 0 bridgehead atoms. The van der Waals surface area contributed by atoms with Gasteiger partial charge in [0.05, 0.1) is 19.6 Å². The molecule has 2 N–H and O–H groups in total. The van der Waals surface area contributed by atoms with Crippen LogP contribution in [-0.4, -0.2) is 70.6 Å². The fraction of sp³-hybridized carbons (Fsp3) is 0.556. The van der Waals surface area contributed by atoms with Crippen LogP contribution in [0.1, 0.15) is 68.2 Å². The Kier molecular flexibility index (Phi) is 9.60. The minimum Gasteiger partial charge on any atom is -0.453 e. The zero-order chi connectivity index (χ0) is 28.0. The van der Waals surface area contributed by atoms with Gasteiger partial charge in [-0.1, -0.05) is 57.5 Å². The van der Waals surface area contributed by atoms with Crippen molar-refractivity contribution in [2.45, 2.75) is 72.0 Å². The maximum atomic E-state index is 13.3. The summed E-state index contributed by atoms with van der Waals surface area (Å²) in [5.74, 6) is -1.65. The number of Topliss-reactive ketones (excluding diaryl/α,β-unsaturated/α-hetero) is 1. The lowest BCUT2D eigenvalue weighted by atomic mass is 9.98. The van der Waals surface area contributed by atoms with E-state index in [1.54, 1.807) is 27.7 Å². The fourth-order valence-electron chi connectivity index (χ4n) is 4.52. The first-order chi connectivity index (χ1) is 18.0. The Hall–Kier alpha value is -3.76. The third-order valence-electron chi connectivity index (χ3n) is 6.59. The van der Waals surface area contributed by atoms with E-state index in [4.69, 9.17) is 4.42 Å². The highest BCUT2D eigenvalue weighted by Gasteiger charge is 2.40. The van der Waals surface area contributed by atoms with Crippen LogP contribution >= 0.6 is 0 Å². The zero-order valence-corrected chi connectivity index (χ0v) is 22.8. The molecule has 3 atom stereocenters. The highest BCUT2D eigenvalue weighted by molar-refractivity contribution is 6.00. The second-order valence-corrected chi connectivity index (χ2v) is 10.3. The quantitative estimate of drug-likeness (QED) is 0.449. The van der Waals surface area contributed by atoms with Crippen LogP contribution in [0.15, 0.2) is 28.7 Å². The summed E-state index contributed by atoms with van der Waals surface area (Å²) in [5.41, 5.74) is 2.08. The Morgan fingerprint density at radius 1 is 1.08 bits per heavy atom. The first kappa shape index (κ1) is 28.8. The van der Waals surface area contributed by atoms with Crippen LogP contribution in [0.2, 0.25) is 0 Å². The number of rotatable bonds is 10. The number of methoxy groups -OCH3 is 1. The molecule has 3 amide bonds. The van der Waals surface area contributed by atoms with E-state index in [0.29, 0.717) is 31.7 Å². The Balaban J connectivity index is 1.71. The lowest BCUT2D eigenvalue weighted by Crippen LogP contribution is -2.57. The molecule has 0 aliphatic carbocycles. The van der Waals surface area contributed by atoms with E-state index < -0.39 is 35.9 Å². The third-order valence-corrected chi connectivity index (χ3v) is 6.59. The van der Waals surface area contributed by atoms with Crippen molar-refractivity contribution < 1.29 is 28.3 Å². The third kappa shape index (κ3) is 6.96. The lowest BCUT2D eigenvalue weighted by molar-refractivity contribution is -0.141. The summed E-state index contributed by atoms with van der Waals surface area (Å²) in [6.07, 6.45) is 0.736. The number of aryl methyl sites for hydroxylation is 1. The molecule has 2 heterocycles. The molecule has 38 heavy (non-hydrogen) atoms. The number of aromatic nitrogens is 2. The van der Waals surface area contributed by atoms with E-state index in [9.17, 15) is 19.2 Å². The molecule has 206 valence electrons. The van der Waals surface area contributed by atoms with Gasteiger partial charge in [-0.15, -0.1) is 10.2 Å². The Bertz CT molecular complexity index is 1160. The largest absolute Gasteiger partial charge is 0.453 e. The number of amides is 3. The molecule has 1 aliphatic heterocycles. The highest BCUT2D eigenvalue weighted by Crippen LogP contribution is 2.22. The Morgan fingerprint density at radius 3 is 2.42 bits per heavy atom. The molecule has 1 fully saturated rings. The molecular weight excluding hydrogens is 490 g/mol. The molecular formula is C27H37N5O6. The number of carbonyl (C=O) groups is 4. The van der Waals surface area contributed by atoms with Gasteiger partial charge in [-0.25, -0.2) is 4.79 Å². The van der Waals surface area contributed by atoms with Gasteiger partial charge in [0, 0.05) is 6.54 Å². The second kappa shape index (κ2) is 12.7. The molecule has 2 aromatic rings. The van der Waals surface area contributed by atoms with Crippen LogP contribution in [-0.2, 0) is 20.7 Å². The number of carbonyl (C=O) groups excluding carboxylic acids is 4. The van der Waals surface area contributed by atoms with Gasteiger partial charge in [-0.2, -0.15) is 0 Å². The van der Waals surface area contributed by atoms with Crippen LogP contribution in [0.25, 0.3) is 0 Å². The van der Waals surface area contributed by atoms with Crippen molar-refractivity contribution in [2.75, 3.05) is 13.7 Å². The molecule has 0 spiro atoms.